The summed E-state index contributed by atoms with van der Waals surface area (Å²) in [5.41, 5.74) is 5.00. The van der Waals surface area contributed by atoms with E-state index in [1.807, 2.05) is 36.4 Å². The van der Waals surface area contributed by atoms with E-state index >= 15 is 0 Å². The van der Waals surface area contributed by atoms with Crippen LogP contribution in [-0.2, 0) is 0 Å². The predicted octanol–water partition coefficient (Wildman–Crippen LogP) is 8.66. The lowest BCUT2D eigenvalue weighted by Crippen LogP contribution is -1.87. The fourth-order valence-electron chi connectivity index (χ4n) is 3.11. The van der Waals surface area contributed by atoms with Crippen LogP contribution in [0, 0.1) is 27.7 Å². The van der Waals surface area contributed by atoms with Crippen LogP contribution >= 0.6 is 11.8 Å². The molecule has 3 heteroatoms. The molecule has 4 aromatic carbocycles. The number of aryl methyl sites for hydroxylation is 4. The lowest BCUT2D eigenvalue weighted by atomic mass is 10.1. The van der Waals surface area contributed by atoms with Crippen molar-refractivity contribution in [1.29, 1.82) is 0 Å². The van der Waals surface area contributed by atoms with Crippen molar-refractivity contribution in [2.45, 2.75) is 37.5 Å². The van der Waals surface area contributed by atoms with Crippen molar-refractivity contribution in [2.75, 3.05) is 0 Å². The van der Waals surface area contributed by atoms with Crippen LogP contribution in [0.1, 0.15) is 22.3 Å². The molecule has 0 amide bonds. The van der Waals surface area contributed by atoms with Gasteiger partial charge in [0.15, 0.2) is 0 Å². The summed E-state index contributed by atoms with van der Waals surface area (Å²) in [4.78, 5) is 2.32. The van der Waals surface area contributed by atoms with Crippen molar-refractivity contribution in [3.63, 3.8) is 0 Å². The quantitative estimate of drug-likeness (QED) is 0.307. The van der Waals surface area contributed by atoms with Gasteiger partial charge in [0.1, 0.15) is 23.0 Å². The van der Waals surface area contributed by atoms with Crippen LogP contribution in [0.4, 0.5) is 0 Å². The van der Waals surface area contributed by atoms with E-state index in [2.05, 4.69) is 76.2 Å². The van der Waals surface area contributed by atoms with E-state index in [-0.39, 0.29) is 0 Å². The summed E-state index contributed by atoms with van der Waals surface area (Å²) < 4.78 is 12.0. The molecule has 31 heavy (non-hydrogen) atoms. The normalized spacial score (nSPS) is 10.7. The third-order valence-electron chi connectivity index (χ3n) is 5.31. The average molecular weight is 427 g/mol. The lowest BCUT2D eigenvalue weighted by molar-refractivity contribution is 0.481. The van der Waals surface area contributed by atoms with Gasteiger partial charge in [-0.3, -0.25) is 0 Å². The minimum atomic E-state index is 0.838. The van der Waals surface area contributed by atoms with Crippen molar-refractivity contribution >= 4 is 11.8 Å². The van der Waals surface area contributed by atoms with Gasteiger partial charge in [-0.25, -0.2) is 0 Å². The molecule has 0 N–H and O–H groups in total. The van der Waals surface area contributed by atoms with Crippen molar-refractivity contribution in [1.82, 2.24) is 0 Å². The fraction of sp³-hybridized carbons (Fsp3) is 0.143. The number of rotatable bonds is 6. The van der Waals surface area contributed by atoms with Crippen LogP contribution in [0.5, 0.6) is 23.0 Å². The molecule has 0 fully saturated rings. The summed E-state index contributed by atoms with van der Waals surface area (Å²) in [5, 5.41) is 0. The zero-order chi connectivity index (χ0) is 21.8. The zero-order valence-electron chi connectivity index (χ0n) is 18.3. The number of ether oxygens (including phenoxy) is 2. The molecule has 0 spiro atoms. The van der Waals surface area contributed by atoms with Gasteiger partial charge in [-0.2, -0.15) is 0 Å². The Labute approximate surface area is 188 Å². The van der Waals surface area contributed by atoms with Gasteiger partial charge in [0.05, 0.1) is 0 Å². The van der Waals surface area contributed by atoms with Gasteiger partial charge in [-0.15, -0.1) is 0 Å². The average Bonchev–Trinajstić information content (AvgIpc) is 2.76. The Morgan fingerprint density at radius 2 is 0.774 bits per heavy atom. The predicted molar refractivity (Wildman–Crippen MR) is 129 cm³/mol. The van der Waals surface area contributed by atoms with Gasteiger partial charge in [0.2, 0.25) is 0 Å². The van der Waals surface area contributed by atoms with E-state index in [1.165, 1.54) is 22.3 Å². The largest absolute Gasteiger partial charge is 0.457 e. The van der Waals surface area contributed by atoms with E-state index in [0.717, 1.165) is 32.8 Å². The van der Waals surface area contributed by atoms with Crippen LogP contribution < -0.4 is 9.47 Å². The smallest absolute Gasteiger partial charge is 0.127 e. The zero-order valence-corrected chi connectivity index (χ0v) is 19.1. The minimum absolute atomic E-state index is 0.838. The molecule has 0 aromatic heterocycles. The van der Waals surface area contributed by atoms with E-state index < -0.39 is 0 Å². The molecule has 0 bridgehead atoms. The first-order chi connectivity index (χ1) is 15.0. The molecule has 2 nitrogen and oxygen atoms in total. The molecule has 156 valence electrons. The Morgan fingerprint density at radius 1 is 0.419 bits per heavy atom. The third kappa shape index (κ3) is 5.50. The molecule has 4 aromatic rings. The molecule has 0 aliphatic heterocycles. The summed E-state index contributed by atoms with van der Waals surface area (Å²) in [6.45, 7) is 8.40. The maximum Gasteiger partial charge on any atom is 0.127 e. The van der Waals surface area contributed by atoms with Gasteiger partial charge in [0.25, 0.3) is 0 Å². The van der Waals surface area contributed by atoms with Crippen molar-refractivity contribution in [3.8, 4) is 23.0 Å². The summed E-state index contributed by atoms with van der Waals surface area (Å²) in [5.74, 6) is 3.40. The van der Waals surface area contributed by atoms with Crippen LogP contribution in [0.3, 0.4) is 0 Å². The lowest BCUT2D eigenvalue weighted by Gasteiger charge is -2.10. The molecule has 0 radical (unpaired) electrons. The monoisotopic (exact) mass is 426 g/mol. The Bertz CT molecular complexity index is 1080. The molecule has 0 saturated heterocycles. The highest BCUT2D eigenvalue weighted by atomic mass is 32.2. The molecule has 0 heterocycles. The highest BCUT2D eigenvalue weighted by molar-refractivity contribution is 7.99. The SMILES string of the molecule is Cc1ccc(Oc2ccc(Sc3ccc(Oc4ccc(C)c(C)c4)cc3)cc2)cc1C. The number of benzene rings is 4. The Kier molecular flexibility index (Phi) is 6.34. The van der Waals surface area contributed by atoms with Crippen LogP contribution in [0.15, 0.2) is 94.7 Å². The molecular formula is C28H26O2S. The van der Waals surface area contributed by atoms with E-state index in [9.17, 15) is 0 Å². The fourth-order valence-corrected chi connectivity index (χ4v) is 3.93. The standard InChI is InChI=1S/C28H26O2S/c1-19-5-7-25(17-21(19)3)29-23-9-13-27(14-10-23)31-28-15-11-24(12-16-28)30-26-8-6-20(2)22(4)18-26/h5-18H,1-4H3. The molecule has 0 unspecified atom stereocenters. The van der Waals surface area contributed by atoms with Crippen LogP contribution in [-0.4, -0.2) is 0 Å². The topological polar surface area (TPSA) is 18.5 Å². The summed E-state index contributed by atoms with van der Waals surface area (Å²) in [6.07, 6.45) is 0. The summed E-state index contributed by atoms with van der Waals surface area (Å²) in [6, 6.07) is 28.7. The first-order valence-electron chi connectivity index (χ1n) is 10.3. The highest BCUT2D eigenvalue weighted by Crippen LogP contribution is 2.32. The van der Waals surface area contributed by atoms with E-state index in [1.54, 1.807) is 11.8 Å². The Balaban J connectivity index is 1.37. The second-order valence-corrected chi connectivity index (χ2v) is 8.89. The van der Waals surface area contributed by atoms with Crippen molar-refractivity contribution in [2.24, 2.45) is 0 Å². The maximum atomic E-state index is 5.98. The van der Waals surface area contributed by atoms with Crippen molar-refractivity contribution < 1.29 is 9.47 Å². The van der Waals surface area contributed by atoms with Crippen molar-refractivity contribution in [3.05, 3.63) is 107 Å². The second kappa shape index (κ2) is 9.32. The minimum Gasteiger partial charge on any atom is -0.457 e. The summed E-state index contributed by atoms with van der Waals surface area (Å²) >= 11 is 1.72. The maximum absolute atomic E-state index is 5.98. The molecule has 0 aliphatic rings. The second-order valence-electron chi connectivity index (χ2n) is 7.74. The van der Waals surface area contributed by atoms with Gasteiger partial charge in [-0.05, 0) is 123 Å². The highest BCUT2D eigenvalue weighted by Gasteiger charge is 2.04. The molecular weight excluding hydrogens is 400 g/mol. The van der Waals surface area contributed by atoms with Crippen LogP contribution in [0.25, 0.3) is 0 Å². The summed E-state index contributed by atoms with van der Waals surface area (Å²) in [7, 11) is 0. The molecule has 0 saturated carbocycles. The first kappa shape index (κ1) is 21.1. The first-order valence-corrected chi connectivity index (χ1v) is 11.2. The molecule has 4 rings (SSSR count). The van der Waals surface area contributed by atoms with Gasteiger partial charge >= 0.3 is 0 Å². The number of hydrogen-bond donors (Lipinski definition) is 0. The van der Waals surface area contributed by atoms with Gasteiger partial charge < -0.3 is 9.47 Å². The van der Waals surface area contributed by atoms with E-state index in [4.69, 9.17) is 9.47 Å². The molecule has 0 aliphatic carbocycles. The number of hydrogen-bond acceptors (Lipinski definition) is 3. The van der Waals surface area contributed by atoms with Gasteiger partial charge in [0, 0.05) is 9.79 Å². The Morgan fingerprint density at radius 3 is 1.13 bits per heavy atom. The van der Waals surface area contributed by atoms with Gasteiger partial charge in [-0.1, -0.05) is 23.9 Å². The van der Waals surface area contributed by atoms with E-state index in [0.29, 0.717) is 0 Å². The Hall–Kier alpha value is -3.17. The third-order valence-corrected chi connectivity index (χ3v) is 6.33. The molecule has 0 atom stereocenters. The van der Waals surface area contributed by atoms with Crippen LogP contribution in [0.2, 0.25) is 0 Å².